The van der Waals surface area contributed by atoms with Gasteiger partial charge in [0.05, 0.1) is 0 Å². The van der Waals surface area contributed by atoms with E-state index in [1.165, 1.54) is 25.7 Å². The first-order valence-corrected chi connectivity index (χ1v) is 10.2. The van der Waals surface area contributed by atoms with Crippen LogP contribution < -0.4 is 0 Å². The van der Waals surface area contributed by atoms with Gasteiger partial charge < -0.3 is 4.74 Å². The van der Waals surface area contributed by atoms with Gasteiger partial charge in [-0.1, -0.05) is 19.9 Å². The van der Waals surface area contributed by atoms with Gasteiger partial charge in [0.15, 0.2) is 5.78 Å². The Morgan fingerprint density at radius 1 is 1.12 bits per heavy atom. The van der Waals surface area contributed by atoms with Gasteiger partial charge in [0, 0.05) is 18.8 Å². The van der Waals surface area contributed by atoms with Gasteiger partial charge in [0.2, 0.25) is 0 Å². The second kappa shape index (κ2) is 5.69. The van der Waals surface area contributed by atoms with Crippen LogP contribution in [0.15, 0.2) is 11.6 Å². The molecule has 0 spiro atoms. The molecule has 4 rings (SSSR count). The van der Waals surface area contributed by atoms with Crippen LogP contribution in [0.2, 0.25) is 0 Å². The third-order valence-corrected chi connectivity index (χ3v) is 8.58. The first kappa shape index (κ1) is 17.3. The third-order valence-electron chi connectivity index (χ3n) is 8.58. The van der Waals surface area contributed by atoms with Gasteiger partial charge in [0.25, 0.3) is 0 Å². The number of allylic oxidation sites excluding steroid dienone is 2. The quantitative estimate of drug-likeness (QED) is 0.648. The van der Waals surface area contributed by atoms with E-state index in [4.69, 9.17) is 4.74 Å². The minimum Gasteiger partial charge on any atom is -0.462 e. The van der Waals surface area contributed by atoms with Gasteiger partial charge in [-0.2, -0.15) is 0 Å². The van der Waals surface area contributed by atoms with Crippen molar-refractivity contribution in [1.29, 1.82) is 0 Å². The van der Waals surface area contributed by atoms with E-state index < -0.39 is 0 Å². The number of ether oxygens (including phenoxy) is 1. The molecule has 0 radical (unpaired) electrons. The highest BCUT2D eigenvalue weighted by molar-refractivity contribution is 5.96. The first-order valence-electron chi connectivity index (χ1n) is 10.2. The summed E-state index contributed by atoms with van der Waals surface area (Å²) in [7, 11) is 0. The van der Waals surface area contributed by atoms with Crippen LogP contribution in [0.25, 0.3) is 0 Å². The molecule has 0 aromatic heterocycles. The maximum Gasteiger partial charge on any atom is 0.302 e. The smallest absolute Gasteiger partial charge is 0.302 e. The molecule has 7 atom stereocenters. The molecule has 138 valence electrons. The van der Waals surface area contributed by atoms with Crippen LogP contribution in [0, 0.1) is 34.5 Å². The van der Waals surface area contributed by atoms with Gasteiger partial charge in [0.1, 0.15) is 6.10 Å². The van der Waals surface area contributed by atoms with Gasteiger partial charge >= 0.3 is 5.97 Å². The van der Waals surface area contributed by atoms with Crippen LogP contribution in [0.1, 0.15) is 72.6 Å². The molecule has 2 unspecified atom stereocenters. The molecule has 0 N–H and O–H groups in total. The Labute approximate surface area is 151 Å². The molecule has 3 nitrogen and oxygen atoms in total. The minimum atomic E-state index is -0.131. The van der Waals surface area contributed by atoms with Crippen LogP contribution in [0.3, 0.4) is 0 Å². The molecule has 3 saturated carbocycles. The van der Waals surface area contributed by atoms with E-state index in [1.54, 1.807) is 6.92 Å². The Morgan fingerprint density at radius 2 is 1.88 bits per heavy atom. The fourth-order valence-corrected chi connectivity index (χ4v) is 7.29. The summed E-state index contributed by atoms with van der Waals surface area (Å²) in [5.74, 6) is 2.83. The number of fused-ring (bicyclic) bond motifs is 5. The second-order valence-corrected chi connectivity index (χ2v) is 9.69. The van der Waals surface area contributed by atoms with Gasteiger partial charge in [-0.25, -0.2) is 0 Å². The summed E-state index contributed by atoms with van der Waals surface area (Å²) in [4.78, 5) is 23.8. The lowest BCUT2D eigenvalue weighted by molar-refractivity contribution is -0.158. The van der Waals surface area contributed by atoms with Crippen molar-refractivity contribution in [3.05, 3.63) is 11.6 Å². The highest BCUT2D eigenvalue weighted by atomic mass is 16.5. The molecule has 4 aliphatic carbocycles. The number of Topliss-reactive ketones (excluding diaryl/α,β-unsaturated/α-hetero) is 1. The van der Waals surface area contributed by atoms with Crippen molar-refractivity contribution in [1.82, 2.24) is 0 Å². The van der Waals surface area contributed by atoms with Crippen LogP contribution in [-0.4, -0.2) is 17.9 Å². The highest BCUT2D eigenvalue weighted by Gasteiger charge is 2.60. The Morgan fingerprint density at radius 3 is 2.60 bits per heavy atom. The Hall–Kier alpha value is -1.12. The van der Waals surface area contributed by atoms with Gasteiger partial charge in [-0.05, 0) is 80.1 Å². The normalized spacial score (nSPS) is 48.9. The van der Waals surface area contributed by atoms with Crippen molar-refractivity contribution in [2.24, 2.45) is 34.5 Å². The van der Waals surface area contributed by atoms with E-state index in [0.29, 0.717) is 23.5 Å². The van der Waals surface area contributed by atoms with Crippen LogP contribution in [-0.2, 0) is 14.3 Å². The zero-order valence-corrected chi connectivity index (χ0v) is 16.1. The van der Waals surface area contributed by atoms with E-state index in [9.17, 15) is 9.59 Å². The predicted molar refractivity (Wildman–Crippen MR) is 96.8 cm³/mol. The summed E-state index contributed by atoms with van der Waals surface area (Å²) in [6.07, 6.45) is 10.2. The number of ketones is 1. The molecular formula is C22H32O3. The maximum absolute atomic E-state index is 12.2. The minimum absolute atomic E-state index is 0.103. The maximum atomic E-state index is 12.2. The standard InChI is InChI=1S/C22H32O3/c1-13-12-22(4)15(11-19(13)24)5-6-16-17-7-8-20(25-14(2)23)21(17,3)10-9-18(16)22/h12,15-18,20H,5-11H2,1-4H3/t15?,16-,17-,18+,20?,21-,22-/m0/s1. The number of carbonyl (C=O) groups is 2. The third kappa shape index (κ3) is 2.44. The Kier molecular flexibility index (Phi) is 3.94. The van der Waals surface area contributed by atoms with E-state index in [1.807, 2.05) is 6.92 Å². The van der Waals surface area contributed by atoms with E-state index in [-0.39, 0.29) is 22.9 Å². The average molecular weight is 344 g/mol. The van der Waals surface area contributed by atoms with Gasteiger partial charge in [-0.15, -0.1) is 0 Å². The van der Waals surface area contributed by atoms with Crippen molar-refractivity contribution in [3.63, 3.8) is 0 Å². The van der Waals surface area contributed by atoms with Gasteiger partial charge in [-0.3, -0.25) is 9.59 Å². The van der Waals surface area contributed by atoms with E-state index in [0.717, 1.165) is 30.8 Å². The highest BCUT2D eigenvalue weighted by Crippen LogP contribution is 2.65. The zero-order valence-electron chi connectivity index (χ0n) is 16.1. The molecule has 0 saturated heterocycles. The molecule has 0 bridgehead atoms. The largest absolute Gasteiger partial charge is 0.462 e. The monoisotopic (exact) mass is 344 g/mol. The molecule has 4 aliphatic rings. The molecule has 0 aliphatic heterocycles. The number of hydrogen-bond acceptors (Lipinski definition) is 3. The summed E-state index contributed by atoms with van der Waals surface area (Å²) < 4.78 is 5.73. The summed E-state index contributed by atoms with van der Waals surface area (Å²) in [5, 5.41) is 0. The average Bonchev–Trinajstić information content (AvgIpc) is 2.85. The Bertz CT molecular complexity index is 635. The summed E-state index contributed by atoms with van der Waals surface area (Å²) in [6.45, 7) is 8.34. The topological polar surface area (TPSA) is 43.4 Å². The van der Waals surface area contributed by atoms with Crippen molar-refractivity contribution in [2.75, 3.05) is 0 Å². The SMILES string of the molecule is CC(=O)OC1CC[C@H]2[C@@H]3CCC4CC(=O)C(C)=C[C@]4(C)[C@@H]3CC[C@]12C. The summed E-state index contributed by atoms with van der Waals surface area (Å²) in [5.41, 5.74) is 1.32. The number of rotatable bonds is 1. The number of carbonyl (C=O) groups excluding carboxylic acids is 2. The number of hydrogen-bond donors (Lipinski definition) is 0. The lowest BCUT2D eigenvalue weighted by Gasteiger charge is -2.59. The van der Waals surface area contributed by atoms with Crippen LogP contribution >= 0.6 is 0 Å². The molecule has 25 heavy (non-hydrogen) atoms. The Balaban J connectivity index is 1.64. The summed E-state index contributed by atoms with van der Waals surface area (Å²) in [6, 6.07) is 0. The molecule has 0 aromatic carbocycles. The molecule has 0 aromatic rings. The fraction of sp³-hybridized carbons (Fsp3) is 0.818. The molecular weight excluding hydrogens is 312 g/mol. The zero-order chi connectivity index (χ0) is 18.0. The predicted octanol–water partition coefficient (Wildman–Crippen LogP) is 4.70. The lowest BCUT2D eigenvalue weighted by atomic mass is 9.46. The van der Waals surface area contributed by atoms with E-state index in [2.05, 4.69) is 19.9 Å². The van der Waals surface area contributed by atoms with Crippen molar-refractivity contribution in [2.45, 2.75) is 78.7 Å². The molecule has 0 amide bonds. The second-order valence-electron chi connectivity index (χ2n) is 9.69. The molecule has 3 fully saturated rings. The molecule has 3 heteroatoms. The lowest BCUT2D eigenvalue weighted by Crippen LogP contribution is -2.53. The van der Waals surface area contributed by atoms with Crippen molar-refractivity contribution in [3.8, 4) is 0 Å². The molecule has 0 heterocycles. The van der Waals surface area contributed by atoms with Crippen molar-refractivity contribution >= 4 is 11.8 Å². The van der Waals surface area contributed by atoms with Crippen LogP contribution in [0.5, 0.6) is 0 Å². The van der Waals surface area contributed by atoms with E-state index >= 15 is 0 Å². The summed E-state index contributed by atoms with van der Waals surface area (Å²) >= 11 is 0. The first-order chi connectivity index (χ1) is 11.8. The number of esters is 1. The van der Waals surface area contributed by atoms with Crippen LogP contribution in [0.4, 0.5) is 0 Å². The fourth-order valence-electron chi connectivity index (χ4n) is 7.29. The van der Waals surface area contributed by atoms with Crippen molar-refractivity contribution < 1.29 is 14.3 Å².